The van der Waals surface area contributed by atoms with Crippen LogP contribution in [-0.2, 0) is 37.3 Å². The zero-order valence-corrected chi connectivity index (χ0v) is 30.1. The van der Waals surface area contributed by atoms with E-state index in [4.69, 9.17) is 34.8 Å². The fourth-order valence-electron chi connectivity index (χ4n) is 8.87. The van der Waals surface area contributed by atoms with Gasteiger partial charge in [0.15, 0.2) is 5.82 Å². The number of pyridine rings is 1. The Bertz CT molecular complexity index is 2270. The van der Waals surface area contributed by atoms with Gasteiger partial charge in [-0.15, -0.1) is 0 Å². The van der Waals surface area contributed by atoms with E-state index in [-0.39, 0.29) is 47.4 Å². The van der Waals surface area contributed by atoms with Crippen molar-refractivity contribution in [1.29, 1.82) is 0 Å². The molecule has 3 fully saturated rings. The highest BCUT2D eigenvalue weighted by Gasteiger charge is 2.70. The number of allylic oxidation sites excluding steroid dienone is 2. The van der Waals surface area contributed by atoms with Gasteiger partial charge in [0, 0.05) is 27.7 Å². The molecular formula is C39H28Cl3F3N4O5. The number of rotatable bonds is 6. The first-order chi connectivity index (χ1) is 25.7. The number of phenolic OH excluding ortho intramolecular Hbond substituents is 1. The maximum absolute atomic E-state index is 15.2. The topological polar surface area (TPSA) is 120 Å². The van der Waals surface area contributed by atoms with Crippen molar-refractivity contribution in [3.05, 3.63) is 134 Å². The lowest BCUT2D eigenvalue weighted by Crippen LogP contribution is -2.53. The molecule has 2 N–H and O–H groups in total. The highest BCUT2D eigenvalue weighted by Crippen LogP contribution is 2.65. The molecule has 6 atom stereocenters. The van der Waals surface area contributed by atoms with Crippen molar-refractivity contribution in [3.63, 3.8) is 0 Å². The number of carbonyl (C=O) groups is 4. The number of hydrogen-bond donors (Lipinski definition) is 2. The number of alkyl halides is 3. The number of aromatic hydroxyl groups is 1. The molecular weight excluding hydrogens is 768 g/mol. The van der Waals surface area contributed by atoms with Crippen LogP contribution >= 0.6 is 34.8 Å². The summed E-state index contributed by atoms with van der Waals surface area (Å²) in [4.78, 5) is 63.3. The molecule has 276 valence electrons. The molecule has 0 bridgehead atoms. The lowest BCUT2D eigenvalue weighted by Gasteiger charge is -2.50. The third-order valence-corrected chi connectivity index (χ3v) is 11.9. The molecule has 4 amide bonds. The Labute approximate surface area is 321 Å². The van der Waals surface area contributed by atoms with E-state index >= 15 is 4.79 Å². The monoisotopic (exact) mass is 794 g/mol. The summed E-state index contributed by atoms with van der Waals surface area (Å²) in [5.74, 6) is -7.68. The van der Waals surface area contributed by atoms with Crippen molar-refractivity contribution in [3.8, 4) is 5.75 Å². The average molecular weight is 796 g/mol. The maximum Gasteiger partial charge on any atom is 0.417 e. The normalized spacial score (nSPS) is 26.4. The number of imide groups is 2. The number of nitrogens with one attached hydrogen (secondary N) is 1. The van der Waals surface area contributed by atoms with Gasteiger partial charge < -0.3 is 5.11 Å². The number of fused-ring (bicyclic) bond motifs is 4. The van der Waals surface area contributed by atoms with Gasteiger partial charge in [0.05, 0.1) is 40.3 Å². The molecule has 1 aromatic heterocycles. The number of anilines is 1. The van der Waals surface area contributed by atoms with Crippen molar-refractivity contribution in [2.75, 3.05) is 5.43 Å². The zero-order chi connectivity index (χ0) is 38.3. The summed E-state index contributed by atoms with van der Waals surface area (Å²) >= 11 is 19.1. The van der Waals surface area contributed by atoms with Crippen LogP contribution < -0.4 is 5.43 Å². The van der Waals surface area contributed by atoms with E-state index in [0.29, 0.717) is 33.4 Å². The van der Waals surface area contributed by atoms with E-state index in [1.54, 1.807) is 24.3 Å². The molecule has 2 aliphatic heterocycles. The van der Waals surface area contributed by atoms with Gasteiger partial charge in [-0.3, -0.25) is 29.5 Å². The Morgan fingerprint density at radius 2 is 1.57 bits per heavy atom. The number of carbonyl (C=O) groups excluding carboxylic acids is 4. The average Bonchev–Trinajstić information content (AvgIpc) is 3.51. The summed E-state index contributed by atoms with van der Waals surface area (Å²) in [6, 6.07) is 20.3. The molecule has 2 aliphatic carbocycles. The Balaban J connectivity index is 1.30. The van der Waals surface area contributed by atoms with Crippen LogP contribution in [0, 0.1) is 23.7 Å². The SMILES string of the molecule is O=C1[C@H]2[C@H](CC=C3[C@H]2C[C@H]2C(=O)N(Nc4ncc(C(F)(F)F)cc4Cl)C(=O)[C@@]2(c2ccc(Cl)cc2)[C@H]3c2cc(Cl)ccc2O)C(=O)N1Cc1ccccc1. The van der Waals surface area contributed by atoms with Crippen LogP contribution in [0.1, 0.15) is 41.0 Å². The Morgan fingerprint density at radius 3 is 2.26 bits per heavy atom. The maximum atomic E-state index is 15.2. The molecule has 2 saturated heterocycles. The first-order valence-corrected chi connectivity index (χ1v) is 18.1. The molecule has 1 saturated carbocycles. The number of benzene rings is 3. The number of hydrazine groups is 1. The molecule has 4 aliphatic rings. The fraction of sp³-hybridized carbons (Fsp3) is 0.256. The van der Waals surface area contributed by atoms with Gasteiger partial charge in [0.2, 0.25) is 11.8 Å². The van der Waals surface area contributed by atoms with Crippen LogP contribution in [0.4, 0.5) is 19.0 Å². The van der Waals surface area contributed by atoms with Crippen LogP contribution in [0.15, 0.2) is 96.7 Å². The number of nitrogens with zero attached hydrogens (tertiary/aromatic N) is 3. The second-order valence-electron chi connectivity index (χ2n) is 13.9. The largest absolute Gasteiger partial charge is 0.508 e. The molecule has 54 heavy (non-hydrogen) atoms. The standard InChI is InChI=1S/C39H28Cl3F3N4O5/c40-22-8-6-20(7-9-22)38-28(35(52)49(37(38)54)47-33-29(42)14-21(17-46-33)39(43,44)45)16-26-24(32(38)27-15-23(41)10-13-30(27)50)11-12-25-31(26)36(53)48(34(25)51)18-19-4-2-1-3-5-19/h1-11,13-15,17,25-26,28,31-32,50H,12,16,18H2,(H,46,47)/t25-,26+,28-,31-,32+,38+/m0/s1. The second-order valence-corrected chi connectivity index (χ2v) is 15.2. The predicted octanol–water partition coefficient (Wildman–Crippen LogP) is 7.95. The van der Waals surface area contributed by atoms with Crippen molar-refractivity contribution >= 4 is 64.2 Å². The smallest absolute Gasteiger partial charge is 0.417 e. The zero-order valence-electron chi connectivity index (χ0n) is 27.9. The first-order valence-electron chi connectivity index (χ1n) is 16.9. The summed E-state index contributed by atoms with van der Waals surface area (Å²) in [6.07, 6.45) is -2.32. The van der Waals surface area contributed by atoms with E-state index in [1.807, 2.05) is 36.4 Å². The highest BCUT2D eigenvalue weighted by molar-refractivity contribution is 6.33. The lowest BCUT2D eigenvalue weighted by molar-refractivity contribution is -0.142. The van der Waals surface area contributed by atoms with E-state index in [1.165, 1.54) is 23.1 Å². The van der Waals surface area contributed by atoms with Gasteiger partial charge in [0.1, 0.15) is 5.75 Å². The number of amides is 4. The van der Waals surface area contributed by atoms with Gasteiger partial charge in [-0.05, 0) is 66.3 Å². The lowest BCUT2D eigenvalue weighted by atomic mass is 9.49. The van der Waals surface area contributed by atoms with Crippen LogP contribution in [0.5, 0.6) is 5.75 Å². The third kappa shape index (κ3) is 5.56. The van der Waals surface area contributed by atoms with Crippen LogP contribution in [0.2, 0.25) is 15.1 Å². The molecule has 3 aromatic carbocycles. The highest BCUT2D eigenvalue weighted by atomic mass is 35.5. The summed E-state index contributed by atoms with van der Waals surface area (Å²) in [5.41, 5.74) is 1.49. The van der Waals surface area contributed by atoms with Crippen molar-refractivity contribution in [1.82, 2.24) is 14.9 Å². The number of halogens is 6. The summed E-state index contributed by atoms with van der Waals surface area (Å²) < 4.78 is 40.4. The molecule has 0 radical (unpaired) electrons. The molecule has 8 rings (SSSR count). The van der Waals surface area contributed by atoms with Gasteiger partial charge in [-0.25, -0.2) is 4.98 Å². The van der Waals surface area contributed by atoms with Gasteiger partial charge in [0.25, 0.3) is 11.8 Å². The minimum absolute atomic E-state index is 0.0558. The Hall–Kier alpha value is -4.91. The van der Waals surface area contributed by atoms with Crippen LogP contribution in [-0.4, -0.2) is 43.6 Å². The Kier molecular flexibility index (Phi) is 8.78. The second kappa shape index (κ2) is 13.1. The Morgan fingerprint density at radius 1 is 0.870 bits per heavy atom. The van der Waals surface area contributed by atoms with E-state index in [9.17, 15) is 32.7 Å². The van der Waals surface area contributed by atoms with Crippen molar-refractivity contribution < 1.29 is 37.5 Å². The van der Waals surface area contributed by atoms with Gasteiger partial charge in [-0.1, -0.05) is 88.9 Å². The van der Waals surface area contributed by atoms with Gasteiger partial charge >= 0.3 is 6.18 Å². The first kappa shape index (κ1) is 36.1. The number of likely N-dealkylation sites (tertiary alicyclic amines) is 1. The van der Waals surface area contributed by atoms with E-state index in [0.717, 1.165) is 5.56 Å². The third-order valence-electron chi connectivity index (χ3n) is 11.1. The van der Waals surface area contributed by atoms with E-state index < -0.39 is 69.5 Å². The molecule has 9 nitrogen and oxygen atoms in total. The number of aromatic nitrogens is 1. The molecule has 15 heteroatoms. The van der Waals surface area contributed by atoms with Crippen LogP contribution in [0.3, 0.4) is 0 Å². The van der Waals surface area contributed by atoms with Crippen molar-refractivity contribution in [2.45, 2.75) is 36.9 Å². The minimum Gasteiger partial charge on any atom is -0.508 e. The summed E-state index contributed by atoms with van der Waals surface area (Å²) in [6.45, 7) is 0.0558. The van der Waals surface area contributed by atoms with E-state index in [2.05, 4.69) is 10.4 Å². The summed E-state index contributed by atoms with van der Waals surface area (Å²) in [7, 11) is 0. The van der Waals surface area contributed by atoms with Gasteiger partial charge in [-0.2, -0.15) is 18.2 Å². The molecule has 0 unspecified atom stereocenters. The fourth-order valence-corrected chi connectivity index (χ4v) is 9.39. The predicted molar refractivity (Wildman–Crippen MR) is 192 cm³/mol. The number of phenols is 1. The summed E-state index contributed by atoms with van der Waals surface area (Å²) in [5, 5.41) is 12.2. The van der Waals surface area contributed by atoms with Crippen LogP contribution in [0.25, 0.3) is 0 Å². The molecule has 4 aromatic rings. The quantitative estimate of drug-likeness (QED) is 0.150. The van der Waals surface area contributed by atoms with Crippen molar-refractivity contribution in [2.24, 2.45) is 23.7 Å². The minimum atomic E-state index is -4.76. The number of hydrogen-bond acceptors (Lipinski definition) is 7. The molecule has 3 heterocycles. The molecule has 0 spiro atoms.